The molecular weight excluding hydrogens is 421 g/mol. The lowest BCUT2D eigenvalue weighted by atomic mass is 9.98. The zero-order valence-electron chi connectivity index (χ0n) is 16.6. The molecule has 0 bridgehead atoms. The zero-order valence-corrected chi connectivity index (χ0v) is 17.4. The number of halogens is 3. The Kier molecular flexibility index (Phi) is 6.23. The molecule has 2 aromatic rings. The van der Waals surface area contributed by atoms with Gasteiger partial charge < -0.3 is 5.32 Å². The Morgan fingerprint density at radius 1 is 1.20 bits per heavy atom. The Morgan fingerprint density at radius 3 is 2.33 bits per heavy atom. The van der Waals surface area contributed by atoms with Crippen LogP contribution in [0.25, 0.3) is 5.69 Å². The molecule has 1 N–H and O–H groups in total. The van der Waals surface area contributed by atoms with E-state index >= 15 is 0 Å². The van der Waals surface area contributed by atoms with Crippen LogP contribution in [0.3, 0.4) is 0 Å². The number of alkyl halides is 3. The van der Waals surface area contributed by atoms with Crippen LogP contribution in [0.2, 0.25) is 0 Å². The number of aromatic nitrogens is 2. The SMILES string of the molecule is Cc1ccc(-n2ncc(C(=O)NCC3CCN(S(C)(=O)=O)CC3)c2C(F)(F)F)cc1. The van der Waals surface area contributed by atoms with E-state index in [4.69, 9.17) is 0 Å². The van der Waals surface area contributed by atoms with Crippen molar-refractivity contribution in [2.24, 2.45) is 5.92 Å². The van der Waals surface area contributed by atoms with E-state index in [0.29, 0.717) is 25.9 Å². The van der Waals surface area contributed by atoms with Crippen molar-refractivity contribution in [1.29, 1.82) is 0 Å². The number of carbonyl (C=O) groups is 1. The summed E-state index contributed by atoms with van der Waals surface area (Å²) in [6.45, 7) is 2.65. The second kappa shape index (κ2) is 8.38. The molecule has 2 heterocycles. The molecule has 1 aromatic heterocycles. The fraction of sp³-hybridized carbons (Fsp3) is 0.474. The highest BCUT2D eigenvalue weighted by Gasteiger charge is 2.40. The summed E-state index contributed by atoms with van der Waals surface area (Å²) < 4.78 is 66.3. The first-order chi connectivity index (χ1) is 14.0. The predicted octanol–water partition coefficient (Wildman–Crippen LogP) is 2.60. The first kappa shape index (κ1) is 22.3. The quantitative estimate of drug-likeness (QED) is 0.769. The van der Waals surface area contributed by atoms with E-state index in [1.54, 1.807) is 12.1 Å². The average molecular weight is 444 g/mol. The van der Waals surface area contributed by atoms with Crippen molar-refractivity contribution < 1.29 is 26.4 Å². The Morgan fingerprint density at radius 2 is 1.80 bits per heavy atom. The summed E-state index contributed by atoms with van der Waals surface area (Å²) in [7, 11) is -3.26. The first-order valence-corrected chi connectivity index (χ1v) is 11.3. The van der Waals surface area contributed by atoms with Gasteiger partial charge in [0.2, 0.25) is 10.0 Å². The second-order valence-corrected chi connectivity index (χ2v) is 9.45. The molecule has 1 saturated heterocycles. The minimum atomic E-state index is -4.77. The van der Waals surface area contributed by atoms with E-state index in [9.17, 15) is 26.4 Å². The molecule has 0 radical (unpaired) electrons. The van der Waals surface area contributed by atoms with Crippen molar-refractivity contribution in [2.75, 3.05) is 25.9 Å². The number of rotatable bonds is 5. The number of aryl methyl sites for hydroxylation is 1. The van der Waals surface area contributed by atoms with Crippen LogP contribution in [0.1, 0.15) is 34.5 Å². The monoisotopic (exact) mass is 444 g/mol. The topological polar surface area (TPSA) is 84.3 Å². The van der Waals surface area contributed by atoms with Crippen LogP contribution in [0, 0.1) is 12.8 Å². The van der Waals surface area contributed by atoms with E-state index in [1.165, 1.54) is 16.4 Å². The van der Waals surface area contributed by atoms with Gasteiger partial charge >= 0.3 is 6.18 Å². The number of sulfonamides is 1. The average Bonchev–Trinajstić information content (AvgIpc) is 3.12. The molecule has 1 aromatic carbocycles. The molecule has 7 nitrogen and oxygen atoms in total. The molecule has 11 heteroatoms. The number of nitrogens with one attached hydrogen (secondary N) is 1. The van der Waals surface area contributed by atoms with Crippen molar-refractivity contribution in [3.63, 3.8) is 0 Å². The van der Waals surface area contributed by atoms with Crippen LogP contribution in [-0.2, 0) is 16.2 Å². The molecule has 0 atom stereocenters. The maximum atomic E-state index is 13.7. The molecule has 1 aliphatic heterocycles. The molecule has 1 fully saturated rings. The van der Waals surface area contributed by atoms with Crippen LogP contribution in [0.5, 0.6) is 0 Å². The fourth-order valence-electron chi connectivity index (χ4n) is 3.45. The van der Waals surface area contributed by atoms with E-state index in [2.05, 4.69) is 10.4 Å². The maximum absolute atomic E-state index is 13.7. The van der Waals surface area contributed by atoms with Crippen LogP contribution >= 0.6 is 0 Å². The number of benzene rings is 1. The Labute approximate surface area is 172 Å². The highest BCUT2D eigenvalue weighted by atomic mass is 32.2. The van der Waals surface area contributed by atoms with Crippen molar-refractivity contribution in [1.82, 2.24) is 19.4 Å². The van der Waals surface area contributed by atoms with Gasteiger partial charge in [0.15, 0.2) is 5.69 Å². The number of piperidine rings is 1. The van der Waals surface area contributed by atoms with Crippen LogP contribution < -0.4 is 5.32 Å². The summed E-state index contributed by atoms with van der Waals surface area (Å²) in [6.07, 6.45) is -1.65. The number of hydrogen-bond acceptors (Lipinski definition) is 4. The third-order valence-electron chi connectivity index (χ3n) is 5.15. The number of carbonyl (C=O) groups excluding carboxylic acids is 1. The highest BCUT2D eigenvalue weighted by Crippen LogP contribution is 2.33. The summed E-state index contributed by atoms with van der Waals surface area (Å²) >= 11 is 0. The Hall–Kier alpha value is -2.40. The predicted molar refractivity (Wildman–Crippen MR) is 105 cm³/mol. The van der Waals surface area contributed by atoms with Gasteiger partial charge in [-0.1, -0.05) is 17.7 Å². The lowest BCUT2D eigenvalue weighted by Crippen LogP contribution is -2.41. The van der Waals surface area contributed by atoms with Gasteiger partial charge in [-0.05, 0) is 37.8 Å². The molecule has 0 aliphatic carbocycles. The van der Waals surface area contributed by atoms with E-state index in [0.717, 1.165) is 22.7 Å². The lowest BCUT2D eigenvalue weighted by Gasteiger charge is -2.30. The molecule has 30 heavy (non-hydrogen) atoms. The fourth-order valence-corrected chi connectivity index (χ4v) is 4.32. The van der Waals surface area contributed by atoms with Crippen LogP contribution in [0.4, 0.5) is 13.2 Å². The van der Waals surface area contributed by atoms with E-state index < -0.39 is 33.4 Å². The largest absolute Gasteiger partial charge is 0.434 e. The molecule has 164 valence electrons. The first-order valence-electron chi connectivity index (χ1n) is 9.42. The van der Waals surface area contributed by atoms with Gasteiger partial charge in [-0.15, -0.1) is 0 Å². The third kappa shape index (κ3) is 5.01. The molecule has 1 aliphatic rings. The second-order valence-electron chi connectivity index (χ2n) is 7.47. The van der Waals surface area contributed by atoms with Crippen LogP contribution in [0.15, 0.2) is 30.5 Å². The summed E-state index contributed by atoms with van der Waals surface area (Å²) in [6, 6.07) is 6.35. The highest BCUT2D eigenvalue weighted by molar-refractivity contribution is 7.88. The van der Waals surface area contributed by atoms with Crippen molar-refractivity contribution in [3.05, 3.63) is 47.3 Å². The van der Waals surface area contributed by atoms with E-state index in [-0.39, 0.29) is 18.2 Å². The Bertz CT molecular complexity index is 1010. The molecule has 1 amide bonds. The number of nitrogens with zero attached hydrogens (tertiary/aromatic N) is 3. The van der Waals surface area contributed by atoms with Gasteiger partial charge in [0.25, 0.3) is 5.91 Å². The van der Waals surface area contributed by atoms with Crippen molar-refractivity contribution in [2.45, 2.75) is 25.9 Å². The minimum absolute atomic E-state index is 0.00608. The normalized spacial score (nSPS) is 16.6. The lowest BCUT2D eigenvalue weighted by molar-refractivity contribution is -0.143. The molecular formula is C19H23F3N4O3S. The third-order valence-corrected chi connectivity index (χ3v) is 6.46. The molecule has 3 rings (SSSR count). The number of amides is 1. The molecule has 0 saturated carbocycles. The zero-order chi connectivity index (χ0) is 22.1. The number of hydrogen-bond donors (Lipinski definition) is 1. The summed E-state index contributed by atoms with van der Waals surface area (Å²) in [5.41, 5.74) is -0.577. The summed E-state index contributed by atoms with van der Waals surface area (Å²) in [5, 5.41) is 6.35. The smallest absolute Gasteiger partial charge is 0.352 e. The van der Waals surface area contributed by atoms with Gasteiger partial charge in [-0.3, -0.25) is 4.79 Å². The van der Waals surface area contributed by atoms with E-state index in [1.807, 2.05) is 6.92 Å². The van der Waals surface area contributed by atoms with Gasteiger partial charge in [0.1, 0.15) is 0 Å². The van der Waals surface area contributed by atoms with Gasteiger partial charge in [-0.2, -0.15) is 18.3 Å². The maximum Gasteiger partial charge on any atom is 0.434 e. The van der Waals surface area contributed by atoms with Crippen molar-refractivity contribution in [3.8, 4) is 5.69 Å². The van der Waals surface area contributed by atoms with Gasteiger partial charge in [-0.25, -0.2) is 17.4 Å². The Balaban J connectivity index is 1.73. The van der Waals surface area contributed by atoms with Crippen LogP contribution in [-0.4, -0.2) is 54.3 Å². The van der Waals surface area contributed by atoms with Gasteiger partial charge in [0, 0.05) is 19.6 Å². The summed E-state index contributed by atoms with van der Waals surface area (Å²) in [5.74, 6) is -0.861. The minimum Gasteiger partial charge on any atom is -0.352 e. The van der Waals surface area contributed by atoms with Crippen molar-refractivity contribution >= 4 is 15.9 Å². The summed E-state index contributed by atoms with van der Waals surface area (Å²) in [4.78, 5) is 12.5. The van der Waals surface area contributed by atoms with Gasteiger partial charge in [0.05, 0.1) is 23.7 Å². The molecule has 0 spiro atoms. The standard InChI is InChI=1S/C19H23F3N4O3S/c1-13-3-5-15(6-4-13)26-17(19(20,21)22)16(12-24-26)18(27)23-11-14-7-9-25(10-8-14)30(2,28)29/h3-6,12,14H,7-11H2,1-2H3,(H,23,27). The molecule has 0 unspecified atom stereocenters.